The number of anilines is 3. The Morgan fingerprint density at radius 3 is 2.64 bits per heavy atom. The summed E-state index contributed by atoms with van der Waals surface area (Å²) in [6, 6.07) is 11.6. The van der Waals surface area contributed by atoms with Crippen molar-refractivity contribution in [3.05, 3.63) is 42.0 Å². The van der Waals surface area contributed by atoms with Gasteiger partial charge in [-0.1, -0.05) is 37.3 Å². The van der Waals surface area contributed by atoms with Gasteiger partial charge in [-0.25, -0.2) is 14.8 Å². The van der Waals surface area contributed by atoms with Crippen LogP contribution in [0.25, 0.3) is 0 Å². The number of aliphatic imine (C=N–C) groups is 1. The average molecular weight is 339 g/mol. The van der Waals surface area contributed by atoms with E-state index in [2.05, 4.69) is 17.2 Å². The summed E-state index contributed by atoms with van der Waals surface area (Å²) >= 11 is 0. The highest BCUT2D eigenvalue weighted by molar-refractivity contribution is 6.10. The maximum atomic E-state index is 11.4. The molecule has 1 aromatic heterocycles. The number of benzene rings is 1. The largest absolute Gasteiger partial charge is 0.465 e. The Kier molecular flexibility index (Phi) is 4.56. The first kappa shape index (κ1) is 16.8. The lowest BCUT2D eigenvalue weighted by Crippen LogP contribution is -2.33. The Balaban J connectivity index is 2.09. The second-order valence-electron chi connectivity index (χ2n) is 5.76. The second kappa shape index (κ2) is 6.80. The minimum Gasteiger partial charge on any atom is -0.465 e. The second-order valence-corrected chi connectivity index (χ2v) is 5.76. The molecule has 0 saturated carbocycles. The predicted octanol–water partition coefficient (Wildman–Crippen LogP) is 3.49. The Labute approximate surface area is 146 Å². The first-order valence-corrected chi connectivity index (χ1v) is 8.26. The van der Waals surface area contributed by atoms with Gasteiger partial charge in [0.05, 0.1) is 17.4 Å². The number of aromatic nitrogens is 1. The van der Waals surface area contributed by atoms with Crippen LogP contribution in [0, 0.1) is 0 Å². The molecule has 1 unspecified atom stereocenters. The van der Waals surface area contributed by atoms with E-state index < -0.39 is 6.09 Å². The van der Waals surface area contributed by atoms with E-state index in [1.807, 2.05) is 30.3 Å². The number of fused-ring (bicyclic) bond motifs is 1. The van der Waals surface area contributed by atoms with Gasteiger partial charge in [0, 0.05) is 12.6 Å². The molecule has 2 heterocycles. The Bertz CT molecular complexity index is 820. The summed E-state index contributed by atoms with van der Waals surface area (Å²) in [6.45, 7) is 4.11. The van der Waals surface area contributed by atoms with Crippen molar-refractivity contribution in [1.29, 1.82) is 0 Å². The number of carbonyl (C=O) groups is 1. The summed E-state index contributed by atoms with van der Waals surface area (Å²) in [6.07, 6.45) is -0.230. The van der Waals surface area contributed by atoms with Gasteiger partial charge < -0.3 is 16.2 Å². The number of nitrogens with two attached hydrogens (primary N) is 1. The summed E-state index contributed by atoms with van der Waals surface area (Å²) in [5.74, 6) is 0.509. The molecular formula is C18H21N5O2. The topological polar surface area (TPSA) is 104 Å². The molecule has 7 heteroatoms. The lowest BCUT2D eigenvalue weighted by molar-refractivity contribution is 0.202. The van der Waals surface area contributed by atoms with Crippen molar-refractivity contribution in [2.45, 2.75) is 26.3 Å². The number of nitrogens with one attached hydrogen (secondary N) is 1. The van der Waals surface area contributed by atoms with Crippen LogP contribution < -0.4 is 16.0 Å². The molecule has 1 aromatic carbocycles. The molecule has 1 aliphatic heterocycles. The van der Waals surface area contributed by atoms with Crippen LogP contribution in [0.15, 0.2) is 41.4 Å². The fourth-order valence-corrected chi connectivity index (χ4v) is 2.93. The molecule has 0 spiro atoms. The maximum Gasteiger partial charge on any atom is 0.413 e. The molecule has 0 saturated heterocycles. The fourth-order valence-electron chi connectivity index (χ4n) is 2.93. The third-order valence-electron chi connectivity index (χ3n) is 4.20. The molecule has 0 radical (unpaired) electrons. The van der Waals surface area contributed by atoms with Gasteiger partial charge in [0.2, 0.25) is 0 Å². The normalized spacial score (nSPS) is 15.8. The zero-order valence-electron chi connectivity index (χ0n) is 14.2. The van der Waals surface area contributed by atoms with Crippen LogP contribution in [0.1, 0.15) is 25.8 Å². The summed E-state index contributed by atoms with van der Waals surface area (Å²) in [5, 5.41) is 12.7. The zero-order chi connectivity index (χ0) is 18.0. The van der Waals surface area contributed by atoms with E-state index in [4.69, 9.17) is 10.7 Å². The SMILES string of the molecule is CCC1Nc2cc(N(CC)C(=O)O)nc(N)c2N=C1c1ccccc1. The van der Waals surface area contributed by atoms with Crippen LogP contribution in [0.5, 0.6) is 0 Å². The van der Waals surface area contributed by atoms with Gasteiger partial charge in [-0.15, -0.1) is 0 Å². The quantitative estimate of drug-likeness (QED) is 0.791. The van der Waals surface area contributed by atoms with Gasteiger partial charge in [0.15, 0.2) is 5.82 Å². The molecule has 130 valence electrons. The third kappa shape index (κ3) is 3.13. The first-order valence-electron chi connectivity index (χ1n) is 8.26. The molecule has 0 fully saturated rings. The number of hydrogen-bond donors (Lipinski definition) is 3. The van der Waals surface area contributed by atoms with Crippen LogP contribution in [-0.4, -0.2) is 34.5 Å². The van der Waals surface area contributed by atoms with Crippen LogP contribution in [0.3, 0.4) is 0 Å². The van der Waals surface area contributed by atoms with Crippen molar-refractivity contribution in [2.24, 2.45) is 4.99 Å². The molecule has 3 rings (SSSR count). The molecule has 7 nitrogen and oxygen atoms in total. The van der Waals surface area contributed by atoms with Crippen molar-refractivity contribution in [3.8, 4) is 0 Å². The summed E-state index contributed by atoms with van der Waals surface area (Å²) in [5.41, 5.74) is 9.27. The van der Waals surface area contributed by atoms with Crippen LogP contribution in [0.2, 0.25) is 0 Å². The monoisotopic (exact) mass is 339 g/mol. The first-order chi connectivity index (χ1) is 12.0. The number of hydrogen-bond acceptors (Lipinski definition) is 5. The van der Waals surface area contributed by atoms with Crippen LogP contribution in [0.4, 0.5) is 27.8 Å². The Morgan fingerprint density at radius 2 is 2.04 bits per heavy atom. The smallest absolute Gasteiger partial charge is 0.413 e. The molecule has 1 amide bonds. The highest BCUT2D eigenvalue weighted by Crippen LogP contribution is 2.38. The molecular weight excluding hydrogens is 318 g/mol. The van der Waals surface area contributed by atoms with Crippen LogP contribution in [-0.2, 0) is 0 Å². The van der Waals surface area contributed by atoms with Crippen molar-refractivity contribution in [2.75, 3.05) is 22.5 Å². The summed E-state index contributed by atoms with van der Waals surface area (Å²) in [7, 11) is 0. The number of amides is 1. The van der Waals surface area contributed by atoms with Gasteiger partial charge in [0.25, 0.3) is 0 Å². The van der Waals surface area contributed by atoms with E-state index in [9.17, 15) is 9.90 Å². The van der Waals surface area contributed by atoms with Gasteiger partial charge in [0.1, 0.15) is 11.5 Å². The molecule has 4 N–H and O–H groups in total. The average Bonchev–Trinajstić information content (AvgIpc) is 2.61. The Morgan fingerprint density at radius 1 is 1.32 bits per heavy atom. The lowest BCUT2D eigenvalue weighted by Gasteiger charge is -2.28. The van der Waals surface area contributed by atoms with E-state index in [0.29, 0.717) is 17.2 Å². The van der Waals surface area contributed by atoms with Crippen molar-refractivity contribution in [3.63, 3.8) is 0 Å². The number of nitrogens with zero attached hydrogens (tertiary/aromatic N) is 3. The number of rotatable bonds is 4. The van der Waals surface area contributed by atoms with Gasteiger partial charge in [-0.3, -0.25) is 4.90 Å². The van der Waals surface area contributed by atoms with E-state index in [0.717, 1.165) is 22.6 Å². The van der Waals surface area contributed by atoms with Gasteiger partial charge >= 0.3 is 6.09 Å². The van der Waals surface area contributed by atoms with Crippen molar-refractivity contribution >= 4 is 34.8 Å². The molecule has 1 aliphatic rings. The van der Waals surface area contributed by atoms with E-state index in [1.165, 1.54) is 0 Å². The molecule has 2 aromatic rings. The van der Waals surface area contributed by atoms with Gasteiger partial charge in [-0.2, -0.15) is 0 Å². The minimum absolute atomic E-state index is 0.0180. The van der Waals surface area contributed by atoms with E-state index >= 15 is 0 Å². The summed E-state index contributed by atoms with van der Waals surface area (Å²) in [4.78, 5) is 21.5. The van der Waals surface area contributed by atoms with Gasteiger partial charge in [-0.05, 0) is 18.9 Å². The number of carboxylic acid groups (broad SMARTS) is 1. The highest BCUT2D eigenvalue weighted by Gasteiger charge is 2.26. The standard InChI is InChI=1S/C18H21N5O2/c1-3-12-15(11-8-6-5-7-9-11)22-16-13(20-12)10-14(21-17(16)19)23(4-2)18(24)25/h5-10,12,20H,3-4H2,1-2H3,(H2,19,21)(H,24,25). The molecule has 0 bridgehead atoms. The number of pyridine rings is 1. The van der Waals surface area contributed by atoms with Crippen molar-refractivity contribution in [1.82, 2.24) is 4.98 Å². The zero-order valence-corrected chi connectivity index (χ0v) is 14.2. The molecule has 0 aliphatic carbocycles. The third-order valence-corrected chi connectivity index (χ3v) is 4.20. The molecule has 1 atom stereocenters. The predicted molar refractivity (Wildman–Crippen MR) is 100 cm³/mol. The minimum atomic E-state index is -1.06. The maximum absolute atomic E-state index is 11.4. The van der Waals surface area contributed by atoms with Crippen molar-refractivity contribution < 1.29 is 9.90 Å². The van der Waals surface area contributed by atoms with E-state index in [1.54, 1.807) is 13.0 Å². The lowest BCUT2D eigenvalue weighted by atomic mass is 9.98. The highest BCUT2D eigenvalue weighted by atomic mass is 16.4. The number of nitrogen functional groups attached to an aromatic ring is 1. The van der Waals surface area contributed by atoms with Crippen LogP contribution >= 0.6 is 0 Å². The molecule has 25 heavy (non-hydrogen) atoms. The Hall–Kier alpha value is -3.09. The van der Waals surface area contributed by atoms with E-state index in [-0.39, 0.29) is 18.4 Å². The fraction of sp³-hybridized carbons (Fsp3) is 0.278. The summed E-state index contributed by atoms with van der Waals surface area (Å²) < 4.78 is 0.